The number of methoxy groups -OCH3 is 1. The summed E-state index contributed by atoms with van der Waals surface area (Å²) >= 11 is 0. The molecule has 0 heterocycles. The molecule has 0 bridgehead atoms. The fourth-order valence-corrected chi connectivity index (χ4v) is 1.00. The van der Waals surface area contributed by atoms with Crippen LogP contribution in [0.3, 0.4) is 0 Å². The molecular weight excluding hydrogens is 210 g/mol. The van der Waals surface area contributed by atoms with Crippen molar-refractivity contribution < 1.29 is 19.1 Å². The van der Waals surface area contributed by atoms with Crippen LogP contribution in [0.15, 0.2) is 24.3 Å². The Kier molecular flexibility index (Phi) is 5.15. The van der Waals surface area contributed by atoms with Crippen LogP contribution < -0.4 is 15.0 Å². The molecule has 0 saturated heterocycles. The molecule has 0 saturated carbocycles. The highest BCUT2D eigenvalue weighted by atomic mass is 16.7. The number of hydrogen-bond acceptors (Lipinski definition) is 4. The molecule has 0 radical (unpaired) electrons. The zero-order chi connectivity index (χ0) is 11.8. The minimum atomic E-state index is -0.322. The van der Waals surface area contributed by atoms with E-state index >= 15 is 0 Å². The Hall–Kier alpha value is -1.75. The number of hydroxylamine groups is 1. The van der Waals surface area contributed by atoms with Gasteiger partial charge in [-0.15, -0.1) is 0 Å². The summed E-state index contributed by atoms with van der Waals surface area (Å²) in [6.45, 7) is 2.13. The molecule has 0 aliphatic heterocycles. The van der Waals surface area contributed by atoms with Gasteiger partial charge in [-0.25, -0.2) is 5.48 Å². The summed E-state index contributed by atoms with van der Waals surface area (Å²) < 4.78 is 10.2. The molecule has 5 heteroatoms. The van der Waals surface area contributed by atoms with Crippen LogP contribution in [-0.4, -0.2) is 26.2 Å². The lowest BCUT2D eigenvalue weighted by atomic mass is 10.3. The molecule has 0 aliphatic rings. The number of rotatable bonds is 6. The van der Waals surface area contributed by atoms with Crippen LogP contribution in [0.25, 0.3) is 0 Å². The third kappa shape index (κ3) is 4.18. The van der Waals surface area contributed by atoms with E-state index in [4.69, 9.17) is 14.3 Å². The van der Waals surface area contributed by atoms with Gasteiger partial charge in [0.1, 0.15) is 11.5 Å². The molecule has 88 valence electrons. The number of carbonyl (C=O) groups is 1. The smallest absolute Gasteiger partial charge is 0.281 e. The largest absolute Gasteiger partial charge is 0.497 e. The Bertz CT molecular complexity index is 323. The van der Waals surface area contributed by atoms with Gasteiger partial charge in [-0.3, -0.25) is 9.63 Å². The second kappa shape index (κ2) is 6.68. The Balaban J connectivity index is 2.33. The number of nitrogens with one attached hydrogen (secondary N) is 1. The number of carbonyl (C=O) groups excluding carboxylic acids is 1. The highest BCUT2D eigenvalue weighted by Crippen LogP contribution is 2.16. The van der Waals surface area contributed by atoms with Crippen molar-refractivity contribution in [2.24, 2.45) is 0 Å². The second-order valence-corrected chi connectivity index (χ2v) is 2.92. The van der Waals surface area contributed by atoms with Gasteiger partial charge in [0.15, 0.2) is 6.61 Å². The maximum atomic E-state index is 11.1. The van der Waals surface area contributed by atoms with Gasteiger partial charge in [0, 0.05) is 0 Å². The van der Waals surface area contributed by atoms with E-state index in [1.807, 2.05) is 0 Å². The van der Waals surface area contributed by atoms with E-state index in [0.717, 1.165) is 5.75 Å². The molecule has 0 unspecified atom stereocenters. The maximum absolute atomic E-state index is 11.1. The first-order chi connectivity index (χ1) is 7.76. The zero-order valence-electron chi connectivity index (χ0n) is 9.36. The fraction of sp³-hybridized carbons (Fsp3) is 0.364. The van der Waals surface area contributed by atoms with E-state index in [1.165, 1.54) is 0 Å². The standard InChI is InChI=1S/C11H15NO4/c1-3-16-12-11(13)8-15-10-6-4-9(14-2)5-7-10/h4-7H,3,8H2,1-2H3,(H,12,13). The molecule has 1 aromatic rings. The van der Waals surface area contributed by atoms with Gasteiger partial charge in [0.25, 0.3) is 5.91 Å². The predicted molar refractivity (Wildman–Crippen MR) is 58.3 cm³/mol. The molecule has 0 aromatic heterocycles. The highest BCUT2D eigenvalue weighted by molar-refractivity contribution is 5.76. The molecule has 1 amide bonds. The molecule has 0 fully saturated rings. The summed E-state index contributed by atoms with van der Waals surface area (Å²) in [5, 5.41) is 0. The van der Waals surface area contributed by atoms with Crippen molar-refractivity contribution in [3.8, 4) is 11.5 Å². The van der Waals surface area contributed by atoms with Crippen molar-refractivity contribution in [2.45, 2.75) is 6.92 Å². The van der Waals surface area contributed by atoms with Crippen LogP contribution in [0.2, 0.25) is 0 Å². The summed E-state index contributed by atoms with van der Waals surface area (Å²) in [7, 11) is 1.59. The van der Waals surface area contributed by atoms with Crippen LogP contribution in [0.1, 0.15) is 6.92 Å². The number of hydrogen-bond donors (Lipinski definition) is 1. The van der Waals surface area contributed by atoms with Gasteiger partial charge in [-0.2, -0.15) is 0 Å². The molecule has 0 atom stereocenters. The first-order valence-corrected chi connectivity index (χ1v) is 4.93. The molecule has 1 aromatic carbocycles. The summed E-state index contributed by atoms with van der Waals surface area (Å²) in [6, 6.07) is 6.98. The Labute approximate surface area is 94.3 Å². The second-order valence-electron chi connectivity index (χ2n) is 2.92. The molecule has 5 nitrogen and oxygen atoms in total. The van der Waals surface area contributed by atoms with Crippen molar-refractivity contribution in [1.82, 2.24) is 5.48 Å². The van der Waals surface area contributed by atoms with E-state index in [0.29, 0.717) is 12.4 Å². The van der Waals surface area contributed by atoms with Crippen LogP contribution in [-0.2, 0) is 9.63 Å². The van der Waals surface area contributed by atoms with Crippen molar-refractivity contribution in [2.75, 3.05) is 20.3 Å². The predicted octanol–water partition coefficient (Wildman–Crippen LogP) is 1.14. The van der Waals surface area contributed by atoms with Crippen molar-refractivity contribution >= 4 is 5.91 Å². The number of amides is 1. The third-order valence-electron chi connectivity index (χ3n) is 1.76. The van der Waals surface area contributed by atoms with Crippen molar-refractivity contribution in [3.63, 3.8) is 0 Å². The Morgan fingerprint density at radius 2 is 1.88 bits per heavy atom. The molecular formula is C11H15NO4. The summed E-state index contributed by atoms with van der Waals surface area (Å²) in [5.41, 5.74) is 2.24. The van der Waals surface area contributed by atoms with Gasteiger partial charge < -0.3 is 9.47 Å². The first kappa shape index (κ1) is 12.3. The Morgan fingerprint density at radius 3 is 2.44 bits per heavy atom. The van der Waals surface area contributed by atoms with Crippen LogP contribution in [0, 0.1) is 0 Å². The molecule has 1 rings (SSSR count). The van der Waals surface area contributed by atoms with E-state index in [2.05, 4.69) is 5.48 Å². The Morgan fingerprint density at radius 1 is 1.25 bits per heavy atom. The third-order valence-corrected chi connectivity index (χ3v) is 1.76. The average molecular weight is 225 g/mol. The minimum absolute atomic E-state index is 0.0771. The summed E-state index contributed by atoms with van der Waals surface area (Å²) in [6.07, 6.45) is 0. The quantitative estimate of drug-likeness (QED) is 0.738. The molecule has 0 aliphatic carbocycles. The normalized spacial score (nSPS) is 9.62. The molecule has 1 N–H and O–H groups in total. The lowest BCUT2D eigenvalue weighted by molar-refractivity contribution is -0.135. The zero-order valence-corrected chi connectivity index (χ0v) is 9.36. The van der Waals surface area contributed by atoms with Gasteiger partial charge in [0.2, 0.25) is 0 Å². The average Bonchev–Trinajstić information content (AvgIpc) is 2.34. The lowest BCUT2D eigenvalue weighted by Crippen LogP contribution is -2.28. The van der Waals surface area contributed by atoms with E-state index in [1.54, 1.807) is 38.3 Å². The van der Waals surface area contributed by atoms with Gasteiger partial charge >= 0.3 is 0 Å². The highest BCUT2D eigenvalue weighted by Gasteiger charge is 2.02. The van der Waals surface area contributed by atoms with Gasteiger partial charge in [0.05, 0.1) is 13.7 Å². The van der Waals surface area contributed by atoms with E-state index in [-0.39, 0.29) is 12.5 Å². The van der Waals surface area contributed by atoms with Crippen LogP contribution in [0.4, 0.5) is 0 Å². The topological polar surface area (TPSA) is 56.8 Å². The van der Waals surface area contributed by atoms with Crippen LogP contribution >= 0.6 is 0 Å². The first-order valence-electron chi connectivity index (χ1n) is 4.93. The van der Waals surface area contributed by atoms with Gasteiger partial charge in [-0.05, 0) is 31.2 Å². The van der Waals surface area contributed by atoms with E-state index in [9.17, 15) is 4.79 Å². The van der Waals surface area contributed by atoms with Gasteiger partial charge in [-0.1, -0.05) is 0 Å². The number of benzene rings is 1. The number of ether oxygens (including phenoxy) is 2. The monoisotopic (exact) mass is 225 g/mol. The molecule has 0 spiro atoms. The van der Waals surface area contributed by atoms with Crippen LogP contribution in [0.5, 0.6) is 11.5 Å². The van der Waals surface area contributed by atoms with E-state index < -0.39 is 0 Å². The fourth-order valence-electron chi connectivity index (χ4n) is 1.00. The SMILES string of the molecule is CCONC(=O)COc1ccc(OC)cc1. The minimum Gasteiger partial charge on any atom is -0.497 e. The summed E-state index contributed by atoms with van der Waals surface area (Å²) in [4.78, 5) is 15.8. The van der Waals surface area contributed by atoms with Crippen molar-refractivity contribution in [1.29, 1.82) is 0 Å². The molecule has 16 heavy (non-hydrogen) atoms. The summed E-state index contributed by atoms with van der Waals surface area (Å²) in [5.74, 6) is 1.02. The van der Waals surface area contributed by atoms with Crippen molar-refractivity contribution in [3.05, 3.63) is 24.3 Å². The maximum Gasteiger partial charge on any atom is 0.281 e. The lowest BCUT2D eigenvalue weighted by Gasteiger charge is -2.07.